The van der Waals surface area contributed by atoms with Crippen molar-refractivity contribution in [3.63, 3.8) is 0 Å². The topological polar surface area (TPSA) is 131 Å². The van der Waals surface area contributed by atoms with Gasteiger partial charge in [-0.2, -0.15) is 5.10 Å². The number of ether oxygens (including phenoxy) is 2. The van der Waals surface area contributed by atoms with E-state index in [9.17, 15) is 23.7 Å². The quantitative estimate of drug-likeness (QED) is 0.152. The molecule has 11 heteroatoms. The fraction of sp³-hybridized carbons (Fsp3) is 0.194. The number of carbonyl (C=O) groups excluding carboxylic acids is 3. The second-order valence-electron chi connectivity index (χ2n) is 9.14. The van der Waals surface area contributed by atoms with Gasteiger partial charge in [0.2, 0.25) is 0 Å². The molecule has 0 aliphatic heterocycles. The molecule has 1 heterocycles. The van der Waals surface area contributed by atoms with Crippen molar-refractivity contribution in [3.8, 4) is 11.3 Å². The third kappa shape index (κ3) is 5.97. The van der Waals surface area contributed by atoms with Gasteiger partial charge in [-0.3, -0.25) is 9.59 Å². The molecule has 0 bridgehead atoms. The Morgan fingerprint density at radius 1 is 0.857 bits per heavy atom. The van der Waals surface area contributed by atoms with E-state index in [1.54, 1.807) is 90.9 Å². The molecule has 1 atom stereocenters. The largest absolute Gasteiger partial charge is 0.612 e. The van der Waals surface area contributed by atoms with E-state index in [4.69, 9.17) is 9.47 Å². The summed E-state index contributed by atoms with van der Waals surface area (Å²) >= 11 is -1.21. The maximum atomic E-state index is 14.0. The lowest BCUT2D eigenvalue weighted by molar-refractivity contribution is 0.0592. The van der Waals surface area contributed by atoms with Gasteiger partial charge in [0.25, 0.3) is 5.56 Å². The molecule has 0 saturated heterocycles. The molecule has 0 radical (unpaired) electrons. The van der Waals surface area contributed by atoms with Gasteiger partial charge in [-0.25, -0.2) is 14.3 Å². The molecular formula is C31H29N3O7S. The Kier molecular flexibility index (Phi) is 9.24. The van der Waals surface area contributed by atoms with Gasteiger partial charge < -0.3 is 18.9 Å². The first-order valence-electron chi connectivity index (χ1n) is 12.9. The standard InChI is InChI=1S/C31H29N3O7S/c1-6-33-29(36)28(26(19(2)35)27(32-33)20-11-17-25(18-12-20)42(5)39)34(23-13-7-21(8-14-23)30(37)40-3)24-15-9-22(10-16-24)31(38)41-4/h7-18H,6H2,1-5H3. The van der Waals surface area contributed by atoms with Crippen LogP contribution in [0.5, 0.6) is 0 Å². The van der Waals surface area contributed by atoms with Gasteiger partial charge in [0, 0.05) is 23.5 Å². The van der Waals surface area contributed by atoms with Gasteiger partial charge in [-0.1, -0.05) is 0 Å². The van der Waals surface area contributed by atoms with Crippen molar-refractivity contribution < 1.29 is 28.4 Å². The molecule has 216 valence electrons. The number of benzene rings is 3. The predicted octanol–water partition coefficient (Wildman–Crippen LogP) is 4.91. The molecule has 4 rings (SSSR count). The number of hydrogen-bond donors (Lipinski definition) is 0. The second-order valence-corrected chi connectivity index (χ2v) is 10.5. The van der Waals surface area contributed by atoms with E-state index in [1.165, 1.54) is 25.8 Å². The fourth-order valence-electron chi connectivity index (χ4n) is 4.46. The molecule has 10 nitrogen and oxygen atoms in total. The normalized spacial score (nSPS) is 11.5. The number of anilines is 3. The van der Waals surface area contributed by atoms with E-state index in [0.29, 0.717) is 33.0 Å². The Balaban J connectivity index is 2.05. The van der Waals surface area contributed by atoms with Crippen LogP contribution in [0.4, 0.5) is 17.1 Å². The monoisotopic (exact) mass is 587 g/mol. The molecule has 0 amide bonds. The number of Topliss-reactive ketones (excluding diaryl/α,β-unsaturated/α-hetero) is 1. The van der Waals surface area contributed by atoms with Crippen LogP contribution < -0.4 is 10.5 Å². The van der Waals surface area contributed by atoms with Gasteiger partial charge in [-0.15, -0.1) is 0 Å². The molecule has 0 N–H and O–H groups in total. The number of ketones is 1. The van der Waals surface area contributed by atoms with Crippen LogP contribution in [0, 0.1) is 0 Å². The summed E-state index contributed by atoms with van der Waals surface area (Å²) in [7, 11) is 2.56. The number of nitrogens with zero attached hydrogens (tertiary/aromatic N) is 3. The Labute approximate surface area is 245 Å². The van der Waals surface area contributed by atoms with E-state index in [2.05, 4.69) is 5.10 Å². The van der Waals surface area contributed by atoms with Crippen molar-refractivity contribution in [2.75, 3.05) is 25.4 Å². The third-order valence-electron chi connectivity index (χ3n) is 6.56. The lowest BCUT2D eigenvalue weighted by Crippen LogP contribution is -2.31. The summed E-state index contributed by atoms with van der Waals surface area (Å²) in [6.45, 7) is 3.33. The Bertz CT molecular complexity index is 1620. The van der Waals surface area contributed by atoms with E-state index in [-0.39, 0.29) is 23.5 Å². The zero-order valence-electron chi connectivity index (χ0n) is 23.7. The smallest absolute Gasteiger partial charge is 0.337 e. The predicted molar refractivity (Wildman–Crippen MR) is 159 cm³/mol. The highest BCUT2D eigenvalue weighted by Gasteiger charge is 2.28. The number of hydrogen-bond acceptors (Lipinski definition) is 9. The molecule has 0 aliphatic carbocycles. The lowest BCUT2D eigenvalue weighted by atomic mass is 10.0. The molecule has 0 aliphatic rings. The maximum absolute atomic E-state index is 14.0. The number of methoxy groups -OCH3 is 2. The van der Waals surface area contributed by atoms with Crippen LogP contribution in [0.25, 0.3) is 11.3 Å². The highest BCUT2D eigenvalue weighted by Crippen LogP contribution is 2.38. The minimum atomic E-state index is -1.21. The number of aryl methyl sites for hydroxylation is 1. The van der Waals surface area contributed by atoms with Crippen LogP contribution in [0.3, 0.4) is 0 Å². The maximum Gasteiger partial charge on any atom is 0.337 e. The summed E-state index contributed by atoms with van der Waals surface area (Å²) < 4.78 is 22.9. The molecular weight excluding hydrogens is 558 g/mol. The summed E-state index contributed by atoms with van der Waals surface area (Å²) in [5.41, 5.74) is 1.93. The average Bonchev–Trinajstić information content (AvgIpc) is 3.01. The lowest BCUT2D eigenvalue weighted by Gasteiger charge is -2.28. The summed E-state index contributed by atoms with van der Waals surface area (Å²) in [5, 5.41) is 4.54. The Morgan fingerprint density at radius 3 is 1.71 bits per heavy atom. The molecule has 42 heavy (non-hydrogen) atoms. The molecule has 1 unspecified atom stereocenters. The van der Waals surface area contributed by atoms with Crippen molar-refractivity contribution in [2.24, 2.45) is 0 Å². The first-order chi connectivity index (χ1) is 20.1. The van der Waals surface area contributed by atoms with Crippen LogP contribution in [-0.4, -0.2) is 52.5 Å². The molecule has 0 spiro atoms. The van der Waals surface area contributed by atoms with Gasteiger partial charge >= 0.3 is 11.9 Å². The van der Waals surface area contributed by atoms with Crippen molar-refractivity contribution in [3.05, 3.63) is 99.8 Å². The van der Waals surface area contributed by atoms with E-state index >= 15 is 0 Å². The summed E-state index contributed by atoms with van der Waals surface area (Å²) in [6, 6.07) is 19.5. The highest BCUT2D eigenvalue weighted by molar-refractivity contribution is 7.90. The van der Waals surface area contributed by atoms with Crippen molar-refractivity contribution in [2.45, 2.75) is 25.3 Å². The van der Waals surface area contributed by atoms with E-state index in [1.807, 2.05) is 0 Å². The molecule has 3 aromatic carbocycles. The number of aromatic nitrogens is 2. The summed E-state index contributed by atoms with van der Waals surface area (Å²) in [5.74, 6) is -1.47. The van der Waals surface area contributed by atoms with Crippen molar-refractivity contribution >= 4 is 46.0 Å². The van der Waals surface area contributed by atoms with Gasteiger partial charge in [-0.05, 0) is 97.8 Å². The Hall–Kier alpha value is -4.74. The molecule has 4 aromatic rings. The van der Waals surface area contributed by atoms with E-state index in [0.717, 1.165) is 0 Å². The second kappa shape index (κ2) is 12.8. The minimum absolute atomic E-state index is 0.0362. The van der Waals surface area contributed by atoms with Crippen molar-refractivity contribution in [1.82, 2.24) is 9.78 Å². The number of esters is 2. The third-order valence-corrected chi connectivity index (χ3v) is 7.50. The number of rotatable bonds is 9. The average molecular weight is 588 g/mol. The van der Waals surface area contributed by atoms with Crippen LogP contribution >= 0.6 is 0 Å². The molecule has 1 aromatic heterocycles. The first-order valence-corrected chi connectivity index (χ1v) is 14.4. The highest BCUT2D eigenvalue weighted by atomic mass is 32.2. The van der Waals surface area contributed by atoms with Crippen LogP contribution in [-0.2, 0) is 27.2 Å². The van der Waals surface area contributed by atoms with E-state index < -0.39 is 34.5 Å². The zero-order valence-corrected chi connectivity index (χ0v) is 24.6. The fourth-order valence-corrected chi connectivity index (χ4v) is 4.97. The van der Waals surface area contributed by atoms with Crippen LogP contribution in [0.2, 0.25) is 0 Å². The SMILES string of the molecule is CCn1nc(-c2ccc([S+](C)[O-])cc2)c(C(C)=O)c(N(c2ccc(C(=O)OC)cc2)c2ccc(C(=O)OC)cc2)c1=O. The van der Waals surface area contributed by atoms with Crippen LogP contribution in [0.1, 0.15) is 44.9 Å². The van der Waals surface area contributed by atoms with Gasteiger partial charge in [0.1, 0.15) is 17.6 Å². The zero-order chi connectivity index (χ0) is 30.6. The summed E-state index contributed by atoms with van der Waals surface area (Å²) in [6.07, 6.45) is 1.57. The summed E-state index contributed by atoms with van der Waals surface area (Å²) in [4.78, 5) is 53.7. The molecule has 0 fully saturated rings. The Morgan fingerprint density at radius 2 is 1.33 bits per heavy atom. The first kappa shape index (κ1) is 30.2. The minimum Gasteiger partial charge on any atom is -0.612 e. The molecule has 0 saturated carbocycles. The number of carbonyl (C=O) groups is 3. The van der Waals surface area contributed by atoms with Gasteiger partial charge in [0.15, 0.2) is 10.7 Å². The van der Waals surface area contributed by atoms with Gasteiger partial charge in [0.05, 0.1) is 30.9 Å². The van der Waals surface area contributed by atoms with Crippen LogP contribution in [0.15, 0.2) is 82.5 Å². The van der Waals surface area contributed by atoms with Crippen molar-refractivity contribution in [1.29, 1.82) is 0 Å².